The zero-order chi connectivity index (χ0) is 12.4. The van der Waals surface area contributed by atoms with Crippen LogP contribution in [0.5, 0.6) is 0 Å². The van der Waals surface area contributed by atoms with Gasteiger partial charge in [-0.3, -0.25) is 4.79 Å². The van der Waals surface area contributed by atoms with Crippen molar-refractivity contribution in [3.8, 4) is 0 Å². The highest BCUT2D eigenvalue weighted by molar-refractivity contribution is 5.97. The van der Waals surface area contributed by atoms with E-state index in [1.165, 1.54) is 0 Å². The van der Waals surface area contributed by atoms with Gasteiger partial charge in [-0.15, -0.1) is 0 Å². The number of amides is 1. The van der Waals surface area contributed by atoms with E-state index in [4.69, 9.17) is 4.74 Å². The molecule has 3 rings (SSSR count). The topological polar surface area (TPSA) is 79.9 Å². The van der Waals surface area contributed by atoms with E-state index in [0.717, 1.165) is 25.0 Å². The first-order chi connectivity index (χ1) is 8.83. The minimum atomic E-state index is -0.101. The summed E-state index contributed by atoms with van der Waals surface area (Å²) in [6.07, 6.45) is 2.25. The molecule has 1 atom stereocenters. The molecular weight excluding hydrogens is 232 g/mol. The Balaban J connectivity index is 1.67. The highest BCUT2D eigenvalue weighted by atomic mass is 16.5. The van der Waals surface area contributed by atoms with Crippen LogP contribution in [0.15, 0.2) is 18.2 Å². The van der Waals surface area contributed by atoms with Crippen molar-refractivity contribution in [1.29, 1.82) is 0 Å². The molecule has 1 aliphatic rings. The molecule has 0 saturated carbocycles. The van der Waals surface area contributed by atoms with Crippen LogP contribution < -0.4 is 5.32 Å². The van der Waals surface area contributed by atoms with E-state index >= 15 is 0 Å². The van der Waals surface area contributed by atoms with Gasteiger partial charge in [0.15, 0.2) is 0 Å². The van der Waals surface area contributed by atoms with Crippen LogP contribution in [-0.2, 0) is 4.74 Å². The van der Waals surface area contributed by atoms with Crippen molar-refractivity contribution in [1.82, 2.24) is 20.7 Å². The van der Waals surface area contributed by atoms with Crippen LogP contribution >= 0.6 is 0 Å². The first kappa shape index (κ1) is 11.2. The second-order valence-electron chi connectivity index (χ2n) is 4.37. The number of carbonyl (C=O) groups is 1. The van der Waals surface area contributed by atoms with Crippen molar-refractivity contribution in [3.05, 3.63) is 23.8 Å². The van der Waals surface area contributed by atoms with Crippen molar-refractivity contribution in [2.45, 2.75) is 18.9 Å². The van der Waals surface area contributed by atoms with Crippen LogP contribution in [0.25, 0.3) is 11.0 Å². The standard InChI is InChI=1S/C12H14N4O2/c17-12(13-7-9-2-1-5-18-9)8-3-4-10-11(6-8)15-16-14-10/h3-4,6,9H,1-2,5,7H2,(H,13,17)(H,14,15,16). The number of nitrogens with zero attached hydrogens (tertiary/aromatic N) is 2. The van der Waals surface area contributed by atoms with Gasteiger partial charge in [-0.25, -0.2) is 0 Å². The number of rotatable bonds is 3. The first-order valence-electron chi connectivity index (χ1n) is 6.03. The summed E-state index contributed by atoms with van der Waals surface area (Å²) in [5.74, 6) is -0.101. The number of nitrogens with one attached hydrogen (secondary N) is 2. The van der Waals surface area contributed by atoms with E-state index in [1.807, 2.05) is 0 Å². The van der Waals surface area contributed by atoms with Crippen molar-refractivity contribution in [2.75, 3.05) is 13.2 Å². The Hall–Kier alpha value is -1.95. The third-order valence-electron chi connectivity index (χ3n) is 3.09. The molecule has 2 N–H and O–H groups in total. The van der Waals surface area contributed by atoms with Crippen LogP contribution in [-0.4, -0.2) is 40.6 Å². The third-order valence-corrected chi connectivity index (χ3v) is 3.09. The summed E-state index contributed by atoms with van der Waals surface area (Å²) >= 11 is 0. The average molecular weight is 246 g/mol. The number of hydrogen-bond acceptors (Lipinski definition) is 4. The monoisotopic (exact) mass is 246 g/mol. The molecule has 1 unspecified atom stereocenters. The van der Waals surface area contributed by atoms with E-state index in [2.05, 4.69) is 20.7 Å². The van der Waals surface area contributed by atoms with Gasteiger partial charge in [-0.1, -0.05) is 0 Å². The zero-order valence-electron chi connectivity index (χ0n) is 9.85. The number of aromatic nitrogens is 3. The summed E-state index contributed by atoms with van der Waals surface area (Å²) in [7, 11) is 0. The SMILES string of the molecule is O=C(NCC1CCCO1)c1ccc2n[nH]nc2c1. The summed E-state index contributed by atoms with van der Waals surface area (Å²) in [6, 6.07) is 5.25. The number of H-pyrrole nitrogens is 1. The van der Waals surface area contributed by atoms with E-state index in [-0.39, 0.29) is 12.0 Å². The van der Waals surface area contributed by atoms with Gasteiger partial charge in [-0.05, 0) is 31.0 Å². The van der Waals surface area contributed by atoms with Crippen molar-refractivity contribution >= 4 is 16.9 Å². The van der Waals surface area contributed by atoms with Gasteiger partial charge in [0.05, 0.1) is 6.10 Å². The van der Waals surface area contributed by atoms with Gasteiger partial charge < -0.3 is 10.1 Å². The van der Waals surface area contributed by atoms with E-state index < -0.39 is 0 Å². The normalized spacial score (nSPS) is 19.2. The van der Waals surface area contributed by atoms with Gasteiger partial charge in [0, 0.05) is 18.7 Å². The number of benzene rings is 1. The molecule has 1 aliphatic heterocycles. The minimum Gasteiger partial charge on any atom is -0.376 e. The fourth-order valence-electron chi connectivity index (χ4n) is 2.10. The van der Waals surface area contributed by atoms with Gasteiger partial charge in [0.25, 0.3) is 5.91 Å². The van der Waals surface area contributed by atoms with Gasteiger partial charge in [0.2, 0.25) is 0 Å². The Labute approximate surface area is 104 Å². The van der Waals surface area contributed by atoms with Crippen LogP contribution in [0.4, 0.5) is 0 Å². The molecule has 1 fully saturated rings. The molecule has 1 aromatic heterocycles. The van der Waals surface area contributed by atoms with E-state index in [0.29, 0.717) is 17.6 Å². The summed E-state index contributed by atoms with van der Waals surface area (Å²) < 4.78 is 5.45. The Kier molecular flexibility index (Phi) is 2.93. The maximum Gasteiger partial charge on any atom is 0.251 e. The largest absolute Gasteiger partial charge is 0.376 e. The lowest BCUT2D eigenvalue weighted by Crippen LogP contribution is -2.31. The summed E-state index contributed by atoms with van der Waals surface area (Å²) in [6.45, 7) is 1.36. The highest BCUT2D eigenvalue weighted by Crippen LogP contribution is 2.12. The number of hydrogen-bond donors (Lipinski definition) is 2. The predicted octanol–water partition coefficient (Wildman–Crippen LogP) is 0.867. The second-order valence-corrected chi connectivity index (χ2v) is 4.37. The first-order valence-corrected chi connectivity index (χ1v) is 6.03. The van der Waals surface area contributed by atoms with Crippen LogP contribution in [0.3, 0.4) is 0 Å². The van der Waals surface area contributed by atoms with Crippen molar-refractivity contribution < 1.29 is 9.53 Å². The highest BCUT2D eigenvalue weighted by Gasteiger charge is 2.16. The Morgan fingerprint density at radius 1 is 1.44 bits per heavy atom. The lowest BCUT2D eigenvalue weighted by Gasteiger charge is -2.10. The molecule has 6 heteroatoms. The lowest BCUT2D eigenvalue weighted by atomic mass is 10.2. The molecule has 0 radical (unpaired) electrons. The number of ether oxygens (including phenoxy) is 1. The van der Waals surface area contributed by atoms with Crippen LogP contribution in [0, 0.1) is 0 Å². The van der Waals surface area contributed by atoms with Crippen LogP contribution in [0.1, 0.15) is 23.2 Å². The zero-order valence-corrected chi connectivity index (χ0v) is 9.85. The van der Waals surface area contributed by atoms with Crippen molar-refractivity contribution in [2.24, 2.45) is 0 Å². The Bertz CT molecular complexity index is 560. The predicted molar refractivity (Wildman–Crippen MR) is 65.2 cm³/mol. The maximum atomic E-state index is 11.9. The quantitative estimate of drug-likeness (QED) is 0.842. The van der Waals surface area contributed by atoms with E-state index in [1.54, 1.807) is 18.2 Å². The molecule has 2 heterocycles. The smallest absolute Gasteiger partial charge is 0.251 e. The molecule has 0 aliphatic carbocycles. The minimum absolute atomic E-state index is 0.101. The Morgan fingerprint density at radius 3 is 3.17 bits per heavy atom. The van der Waals surface area contributed by atoms with Gasteiger partial charge in [0.1, 0.15) is 11.0 Å². The number of fused-ring (bicyclic) bond motifs is 1. The molecule has 0 spiro atoms. The number of aromatic amines is 1. The fourth-order valence-corrected chi connectivity index (χ4v) is 2.10. The lowest BCUT2D eigenvalue weighted by molar-refractivity contribution is 0.0858. The number of carbonyl (C=O) groups excluding carboxylic acids is 1. The summed E-state index contributed by atoms with van der Waals surface area (Å²) in [4.78, 5) is 11.9. The van der Waals surface area contributed by atoms with Gasteiger partial charge >= 0.3 is 0 Å². The molecule has 94 valence electrons. The molecule has 18 heavy (non-hydrogen) atoms. The second kappa shape index (κ2) is 4.73. The molecule has 0 bridgehead atoms. The fraction of sp³-hybridized carbons (Fsp3) is 0.417. The average Bonchev–Trinajstić information content (AvgIpc) is 3.05. The molecule has 1 amide bonds. The molecule has 2 aromatic rings. The molecule has 6 nitrogen and oxygen atoms in total. The van der Waals surface area contributed by atoms with Crippen molar-refractivity contribution in [3.63, 3.8) is 0 Å². The maximum absolute atomic E-state index is 11.9. The summed E-state index contributed by atoms with van der Waals surface area (Å²) in [5.41, 5.74) is 2.04. The molecule has 1 aromatic carbocycles. The van der Waals surface area contributed by atoms with E-state index in [9.17, 15) is 4.79 Å². The molecular formula is C12H14N4O2. The van der Waals surface area contributed by atoms with Crippen LogP contribution in [0.2, 0.25) is 0 Å². The Morgan fingerprint density at radius 2 is 2.33 bits per heavy atom. The third kappa shape index (κ3) is 2.19. The molecule has 1 saturated heterocycles. The summed E-state index contributed by atoms with van der Waals surface area (Å²) in [5, 5.41) is 13.3. The van der Waals surface area contributed by atoms with Gasteiger partial charge in [-0.2, -0.15) is 15.4 Å².